The van der Waals surface area contributed by atoms with Gasteiger partial charge in [0.25, 0.3) is 0 Å². The van der Waals surface area contributed by atoms with Crippen LogP contribution in [-0.2, 0) is 18.8 Å². The Morgan fingerprint density at radius 3 is 2.80 bits per heavy atom. The van der Waals surface area contributed by atoms with Gasteiger partial charge < -0.3 is 14.6 Å². The van der Waals surface area contributed by atoms with Crippen molar-refractivity contribution < 1.29 is 4.74 Å². The zero-order valence-electron chi connectivity index (χ0n) is 15.3. The van der Waals surface area contributed by atoms with E-state index in [2.05, 4.69) is 21.1 Å². The van der Waals surface area contributed by atoms with Crippen molar-refractivity contribution in [3.63, 3.8) is 0 Å². The zero-order chi connectivity index (χ0) is 17.2. The average Bonchev–Trinajstić information content (AvgIpc) is 3.33. The van der Waals surface area contributed by atoms with Crippen LogP contribution in [-0.4, -0.2) is 32.5 Å². The number of rotatable bonds is 5. The molecule has 0 spiro atoms. The fourth-order valence-corrected chi connectivity index (χ4v) is 4.34. The number of hydrogen-bond acceptors (Lipinski definition) is 4. The summed E-state index contributed by atoms with van der Waals surface area (Å²) in [6.45, 7) is 1.72. The standard InChI is InChI=1S/C19H29N5O/c1-23-10-9-20-19(23)18-15(8-11-25-18)12-21-16-13-24(2)22-17(16)14-6-4-3-5-7-14/h9-10,13-15,18,21H,3-8,11-12H2,1-2H3/t15-,18+/m0/s1. The maximum atomic E-state index is 5.99. The minimum absolute atomic E-state index is 0.0855. The van der Waals surface area contributed by atoms with Crippen molar-refractivity contribution in [3.05, 3.63) is 30.1 Å². The van der Waals surface area contributed by atoms with Crippen molar-refractivity contribution in [2.45, 2.75) is 50.5 Å². The van der Waals surface area contributed by atoms with Crippen LogP contribution in [0.25, 0.3) is 0 Å². The Balaban J connectivity index is 1.45. The molecule has 1 N–H and O–H groups in total. The topological polar surface area (TPSA) is 56.9 Å². The summed E-state index contributed by atoms with van der Waals surface area (Å²) in [5.41, 5.74) is 2.47. The minimum atomic E-state index is 0.0855. The first-order valence-electron chi connectivity index (χ1n) is 9.58. The normalized spacial score (nSPS) is 24.7. The number of imidazole rings is 1. The van der Waals surface area contributed by atoms with Gasteiger partial charge in [-0.25, -0.2) is 4.98 Å². The molecule has 1 aliphatic carbocycles. The van der Waals surface area contributed by atoms with Gasteiger partial charge in [0.2, 0.25) is 0 Å². The highest BCUT2D eigenvalue weighted by Gasteiger charge is 2.32. The third kappa shape index (κ3) is 3.45. The molecule has 2 aromatic heterocycles. The highest BCUT2D eigenvalue weighted by molar-refractivity contribution is 5.48. The van der Waals surface area contributed by atoms with Crippen molar-refractivity contribution in [2.24, 2.45) is 20.0 Å². The number of hydrogen-bond donors (Lipinski definition) is 1. The molecule has 0 bridgehead atoms. The van der Waals surface area contributed by atoms with Gasteiger partial charge in [-0.1, -0.05) is 19.3 Å². The molecule has 25 heavy (non-hydrogen) atoms. The van der Waals surface area contributed by atoms with Crippen molar-refractivity contribution in [1.29, 1.82) is 0 Å². The fourth-order valence-electron chi connectivity index (χ4n) is 4.34. The van der Waals surface area contributed by atoms with Crippen molar-refractivity contribution in [2.75, 3.05) is 18.5 Å². The van der Waals surface area contributed by atoms with E-state index in [1.165, 1.54) is 43.5 Å². The number of ether oxygens (including phenoxy) is 1. The van der Waals surface area contributed by atoms with Crippen LogP contribution in [0.2, 0.25) is 0 Å². The molecular weight excluding hydrogens is 314 g/mol. The lowest BCUT2D eigenvalue weighted by molar-refractivity contribution is 0.0839. The van der Waals surface area contributed by atoms with Crippen LogP contribution in [0.15, 0.2) is 18.6 Å². The summed E-state index contributed by atoms with van der Waals surface area (Å²) < 4.78 is 10.0. The number of aromatic nitrogens is 4. The molecule has 0 aromatic carbocycles. The quantitative estimate of drug-likeness (QED) is 0.904. The first-order valence-corrected chi connectivity index (χ1v) is 9.58. The molecule has 3 heterocycles. The van der Waals surface area contributed by atoms with Crippen LogP contribution >= 0.6 is 0 Å². The van der Waals surface area contributed by atoms with Crippen molar-refractivity contribution >= 4 is 5.69 Å². The predicted molar refractivity (Wildman–Crippen MR) is 97.5 cm³/mol. The van der Waals surface area contributed by atoms with Gasteiger partial charge in [0.15, 0.2) is 0 Å². The Hall–Kier alpha value is -1.82. The molecule has 1 aliphatic heterocycles. The third-order valence-electron chi connectivity index (χ3n) is 5.73. The van der Waals surface area contributed by atoms with E-state index < -0.39 is 0 Å². The minimum Gasteiger partial charge on any atom is -0.382 e. The maximum absolute atomic E-state index is 5.99. The van der Waals surface area contributed by atoms with E-state index in [1.54, 1.807) is 0 Å². The largest absolute Gasteiger partial charge is 0.382 e. The van der Waals surface area contributed by atoms with Gasteiger partial charge in [-0.05, 0) is 19.3 Å². The molecule has 4 rings (SSSR count). The van der Waals surface area contributed by atoms with E-state index in [0.29, 0.717) is 11.8 Å². The van der Waals surface area contributed by atoms with Crippen molar-refractivity contribution in [3.8, 4) is 0 Å². The molecule has 6 heteroatoms. The number of nitrogens with zero attached hydrogens (tertiary/aromatic N) is 4. The van der Waals surface area contributed by atoms with E-state index in [4.69, 9.17) is 9.84 Å². The predicted octanol–water partition coefficient (Wildman–Crippen LogP) is 3.39. The Morgan fingerprint density at radius 2 is 2.04 bits per heavy atom. The fraction of sp³-hybridized carbons (Fsp3) is 0.684. The molecule has 0 unspecified atom stereocenters. The Kier molecular flexibility index (Phi) is 4.79. The first kappa shape index (κ1) is 16.6. The smallest absolute Gasteiger partial charge is 0.138 e. The van der Waals surface area contributed by atoms with Crippen LogP contribution in [0, 0.1) is 5.92 Å². The second kappa shape index (κ2) is 7.20. The Labute approximate surface area is 149 Å². The van der Waals surface area contributed by atoms with E-state index in [1.807, 2.05) is 31.2 Å². The third-order valence-corrected chi connectivity index (χ3v) is 5.73. The van der Waals surface area contributed by atoms with E-state index in [9.17, 15) is 0 Å². The molecule has 2 aliphatic rings. The molecule has 136 valence electrons. The SMILES string of the molecule is Cn1cc(NC[C@@H]2CCO[C@H]2c2nccn2C)c(C2CCCCC2)n1. The van der Waals surface area contributed by atoms with Gasteiger partial charge >= 0.3 is 0 Å². The van der Waals surface area contributed by atoms with Gasteiger partial charge in [0.05, 0.1) is 11.4 Å². The summed E-state index contributed by atoms with van der Waals surface area (Å²) in [7, 11) is 4.06. The first-order chi connectivity index (χ1) is 12.2. The van der Waals surface area contributed by atoms with E-state index in [-0.39, 0.29) is 6.10 Å². The van der Waals surface area contributed by atoms with E-state index in [0.717, 1.165) is 25.4 Å². The van der Waals surface area contributed by atoms with Crippen LogP contribution in [0.3, 0.4) is 0 Å². The van der Waals surface area contributed by atoms with Crippen molar-refractivity contribution in [1.82, 2.24) is 19.3 Å². The molecule has 2 fully saturated rings. The molecule has 0 radical (unpaired) electrons. The van der Waals surface area contributed by atoms with Crippen LogP contribution < -0.4 is 5.32 Å². The Morgan fingerprint density at radius 1 is 1.20 bits per heavy atom. The summed E-state index contributed by atoms with van der Waals surface area (Å²) in [6.07, 6.45) is 13.7. The summed E-state index contributed by atoms with van der Waals surface area (Å²) in [5.74, 6) is 2.09. The maximum Gasteiger partial charge on any atom is 0.138 e. The lowest BCUT2D eigenvalue weighted by Gasteiger charge is -2.22. The summed E-state index contributed by atoms with van der Waals surface area (Å²) in [5, 5.41) is 8.45. The van der Waals surface area contributed by atoms with Gasteiger partial charge in [-0.2, -0.15) is 5.10 Å². The second-order valence-corrected chi connectivity index (χ2v) is 7.55. The van der Waals surface area contributed by atoms with Crippen LogP contribution in [0.4, 0.5) is 5.69 Å². The molecule has 1 saturated heterocycles. The van der Waals surface area contributed by atoms with E-state index >= 15 is 0 Å². The molecule has 2 aromatic rings. The number of nitrogens with one attached hydrogen (secondary N) is 1. The monoisotopic (exact) mass is 343 g/mol. The van der Waals surface area contributed by atoms with Crippen LogP contribution in [0.1, 0.15) is 62.1 Å². The second-order valence-electron chi connectivity index (χ2n) is 7.55. The molecule has 0 amide bonds. The zero-order valence-corrected chi connectivity index (χ0v) is 15.3. The van der Waals surface area contributed by atoms with Gasteiger partial charge in [-0.15, -0.1) is 0 Å². The molecule has 6 nitrogen and oxygen atoms in total. The van der Waals surface area contributed by atoms with Gasteiger partial charge in [-0.3, -0.25) is 4.68 Å². The van der Waals surface area contributed by atoms with Gasteiger partial charge in [0.1, 0.15) is 11.9 Å². The number of anilines is 1. The van der Waals surface area contributed by atoms with Crippen LogP contribution in [0.5, 0.6) is 0 Å². The Bertz CT molecular complexity index is 700. The lowest BCUT2D eigenvalue weighted by atomic mass is 9.86. The summed E-state index contributed by atoms with van der Waals surface area (Å²) in [6, 6.07) is 0. The highest BCUT2D eigenvalue weighted by Crippen LogP contribution is 2.37. The molecular formula is C19H29N5O. The summed E-state index contributed by atoms with van der Waals surface area (Å²) in [4.78, 5) is 4.49. The summed E-state index contributed by atoms with van der Waals surface area (Å²) >= 11 is 0. The molecule has 2 atom stereocenters. The highest BCUT2D eigenvalue weighted by atomic mass is 16.5. The lowest BCUT2D eigenvalue weighted by Crippen LogP contribution is -2.20. The van der Waals surface area contributed by atoms with Gasteiger partial charge in [0, 0.05) is 57.7 Å². The molecule has 1 saturated carbocycles. The average molecular weight is 343 g/mol. The number of aryl methyl sites for hydroxylation is 2.